The largest absolute Gasteiger partial charge is 0.334 e. The normalized spacial score (nSPS) is 22.6. The number of amides is 2. The fourth-order valence-electron chi connectivity index (χ4n) is 3.91. The zero-order valence-corrected chi connectivity index (χ0v) is 14.3. The van der Waals surface area contributed by atoms with E-state index in [9.17, 15) is 4.79 Å². The summed E-state index contributed by atoms with van der Waals surface area (Å²) in [7, 11) is 1.90. The monoisotopic (exact) mass is 319 g/mol. The Morgan fingerprint density at radius 2 is 2.13 bits per heavy atom. The van der Waals surface area contributed by atoms with Gasteiger partial charge in [-0.3, -0.25) is 4.68 Å². The Morgan fingerprint density at radius 3 is 2.83 bits per heavy atom. The summed E-state index contributed by atoms with van der Waals surface area (Å²) >= 11 is 0. The first-order chi connectivity index (χ1) is 11.1. The first kappa shape index (κ1) is 16.3. The van der Waals surface area contributed by atoms with Crippen molar-refractivity contribution in [3.8, 4) is 0 Å². The van der Waals surface area contributed by atoms with Gasteiger partial charge >= 0.3 is 6.03 Å². The molecule has 2 heterocycles. The smallest absolute Gasteiger partial charge is 0.315 e. The van der Waals surface area contributed by atoms with E-state index in [0.717, 1.165) is 36.8 Å². The standard InChI is InChI=1S/C17H29N5O/c1-13-9-16(21(2)20-13)10-18-17(23)19-15-7-8-22(12-15)11-14-5-3-4-6-14/h9,14-15H,3-8,10-12H2,1-2H3,(H2,18,19,23)/t15-/m0/s1. The average Bonchev–Trinajstić information content (AvgIpc) is 3.21. The van der Waals surface area contributed by atoms with Crippen LogP contribution in [0.5, 0.6) is 0 Å². The Labute approximate surface area is 138 Å². The first-order valence-corrected chi connectivity index (χ1v) is 8.86. The van der Waals surface area contributed by atoms with Gasteiger partial charge in [-0.15, -0.1) is 0 Å². The molecule has 2 fully saturated rings. The van der Waals surface area contributed by atoms with Crippen LogP contribution in [0.25, 0.3) is 0 Å². The number of aromatic nitrogens is 2. The van der Waals surface area contributed by atoms with Gasteiger partial charge in [0.15, 0.2) is 0 Å². The van der Waals surface area contributed by atoms with Gasteiger partial charge in [-0.1, -0.05) is 12.8 Å². The van der Waals surface area contributed by atoms with E-state index in [4.69, 9.17) is 0 Å². The summed E-state index contributed by atoms with van der Waals surface area (Å²) in [6.07, 6.45) is 6.63. The Balaban J connectivity index is 1.37. The van der Waals surface area contributed by atoms with Gasteiger partial charge in [0.25, 0.3) is 0 Å². The molecule has 0 spiro atoms. The van der Waals surface area contributed by atoms with Crippen LogP contribution < -0.4 is 10.6 Å². The van der Waals surface area contributed by atoms with Crippen molar-refractivity contribution in [1.29, 1.82) is 0 Å². The Kier molecular flexibility index (Phi) is 5.20. The summed E-state index contributed by atoms with van der Waals surface area (Å²) < 4.78 is 1.81. The van der Waals surface area contributed by atoms with Crippen molar-refractivity contribution in [2.24, 2.45) is 13.0 Å². The minimum absolute atomic E-state index is 0.0726. The second-order valence-electron chi connectivity index (χ2n) is 7.12. The predicted octanol–water partition coefficient (Wildman–Crippen LogP) is 1.79. The molecule has 23 heavy (non-hydrogen) atoms. The van der Waals surface area contributed by atoms with Crippen LogP contribution in [0.2, 0.25) is 0 Å². The molecule has 1 aliphatic carbocycles. The van der Waals surface area contributed by atoms with Crippen molar-refractivity contribution in [3.05, 3.63) is 17.5 Å². The number of carbonyl (C=O) groups excluding carboxylic acids is 1. The highest BCUT2D eigenvalue weighted by Gasteiger charge is 2.26. The lowest BCUT2D eigenvalue weighted by atomic mass is 10.1. The van der Waals surface area contributed by atoms with Crippen molar-refractivity contribution < 1.29 is 4.79 Å². The summed E-state index contributed by atoms with van der Waals surface area (Å²) in [5.41, 5.74) is 2.00. The van der Waals surface area contributed by atoms with Gasteiger partial charge in [0.05, 0.1) is 17.9 Å². The van der Waals surface area contributed by atoms with E-state index in [1.165, 1.54) is 32.2 Å². The topological polar surface area (TPSA) is 62.2 Å². The summed E-state index contributed by atoms with van der Waals surface area (Å²) in [5, 5.41) is 10.3. The van der Waals surface area contributed by atoms with Crippen molar-refractivity contribution in [2.75, 3.05) is 19.6 Å². The second kappa shape index (κ2) is 7.34. The average molecular weight is 319 g/mol. The maximum Gasteiger partial charge on any atom is 0.315 e. The molecule has 1 saturated heterocycles. The number of nitrogens with zero attached hydrogens (tertiary/aromatic N) is 3. The molecule has 0 bridgehead atoms. The molecule has 2 amide bonds. The van der Waals surface area contributed by atoms with E-state index in [1.54, 1.807) is 0 Å². The van der Waals surface area contributed by atoms with Crippen molar-refractivity contribution in [1.82, 2.24) is 25.3 Å². The summed E-state index contributed by atoms with van der Waals surface area (Å²) in [4.78, 5) is 14.6. The lowest BCUT2D eigenvalue weighted by Crippen LogP contribution is -2.43. The van der Waals surface area contributed by atoms with E-state index in [1.807, 2.05) is 24.7 Å². The Bertz CT molecular complexity index is 535. The van der Waals surface area contributed by atoms with E-state index >= 15 is 0 Å². The van der Waals surface area contributed by atoms with E-state index in [2.05, 4.69) is 20.6 Å². The summed E-state index contributed by atoms with van der Waals surface area (Å²) in [6.45, 7) is 5.80. The fourth-order valence-corrected chi connectivity index (χ4v) is 3.91. The first-order valence-electron chi connectivity index (χ1n) is 8.86. The van der Waals surface area contributed by atoms with Crippen LogP contribution in [0.4, 0.5) is 4.79 Å². The highest BCUT2D eigenvalue weighted by atomic mass is 16.2. The maximum atomic E-state index is 12.1. The van der Waals surface area contributed by atoms with Crippen LogP contribution >= 0.6 is 0 Å². The van der Waals surface area contributed by atoms with Crippen LogP contribution in [-0.4, -0.2) is 46.4 Å². The van der Waals surface area contributed by atoms with Crippen molar-refractivity contribution >= 4 is 6.03 Å². The number of urea groups is 1. The maximum absolute atomic E-state index is 12.1. The molecule has 0 unspecified atom stereocenters. The molecule has 128 valence electrons. The number of rotatable bonds is 5. The highest BCUT2D eigenvalue weighted by Crippen LogP contribution is 2.26. The lowest BCUT2D eigenvalue weighted by molar-refractivity contribution is 0.234. The molecule has 6 heteroatoms. The number of hydrogen-bond acceptors (Lipinski definition) is 3. The van der Waals surface area contributed by atoms with E-state index in [0.29, 0.717) is 6.54 Å². The minimum Gasteiger partial charge on any atom is -0.334 e. The van der Waals surface area contributed by atoms with Crippen molar-refractivity contribution in [2.45, 2.75) is 51.6 Å². The number of carbonyl (C=O) groups is 1. The molecule has 1 aromatic rings. The molecule has 2 N–H and O–H groups in total. The van der Waals surface area contributed by atoms with Gasteiger partial charge in [-0.25, -0.2) is 4.79 Å². The number of hydrogen-bond donors (Lipinski definition) is 2. The molecule has 2 aliphatic rings. The van der Waals surface area contributed by atoms with Crippen LogP contribution in [0.1, 0.15) is 43.5 Å². The zero-order chi connectivity index (χ0) is 16.2. The van der Waals surface area contributed by atoms with Gasteiger partial charge in [0, 0.05) is 32.7 Å². The Hall–Kier alpha value is -1.56. The number of nitrogens with one attached hydrogen (secondary N) is 2. The molecular formula is C17H29N5O. The quantitative estimate of drug-likeness (QED) is 0.870. The van der Waals surface area contributed by atoms with Gasteiger partial charge in [-0.05, 0) is 38.2 Å². The van der Waals surface area contributed by atoms with E-state index < -0.39 is 0 Å². The van der Waals surface area contributed by atoms with Gasteiger partial charge in [-0.2, -0.15) is 5.10 Å². The highest BCUT2D eigenvalue weighted by molar-refractivity contribution is 5.74. The SMILES string of the molecule is Cc1cc(CNC(=O)N[C@H]2CCN(CC3CCCC3)C2)n(C)n1. The van der Waals surface area contributed by atoms with E-state index in [-0.39, 0.29) is 12.1 Å². The molecule has 6 nitrogen and oxygen atoms in total. The third-order valence-electron chi connectivity index (χ3n) is 5.13. The molecule has 1 saturated carbocycles. The molecule has 1 aromatic heterocycles. The Morgan fingerprint density at radius 1 is 1.35 bits per heavy atom. The number of likely N-dealkylation sites (tertiary alicyclic amines) is 1. The van der Waals surface area contributed by atoms with Crippen LogP contribution in [0.3, 0.4) is 0 Å². The van der Waals surface area contributed by atoms with Gasteiger partial charge in [0.1, 0.15) is 0 Å². The molecule has 0 radical (unpaired) electrons. The van der Waals surface area contributed by atoms with Gasteiger partial charge in [0.2, 0.25) is 0 Å². The molecule has 1 aliphatic heterocycles. The van der Waals surface area contributed by atoms with Crippen LogP contribution in [0.15, 0.2) is 6.07 Å². The molecule has 3 rings (SSSR count). The minimum atomic E-state index is -0.0726. The fraction of sp³-hybridized carbons (Fsp3) is 0.765. The van der Waals surface area contributed by atoms with Crippen LogP contribution in [0, 0.1) is 12.8 Å². The second-order valence-corrected chi connectivity index (χ2v) is 7.12. The molecule has 1 atom stereocenters. The third kappa shape index (κ3) is 4.47. The molecular weight excluding hydrogens is 290 g/mol. The predicted molar refractivity (Wildman–Crippen MR) is 90.1 cm³/mol. The van der Waals surface area contributed by atoms with Crippen molar-refractivity contribution in [3.63, 3.8) is 0 Å². The van der Waals surface area contributed by atoms with Crippen LogP contribution in [-0.2, 0) is 13.6 Å². The lowest BCUT2D eigenvalue weighted by Gasteiger charge is -2.20. The third-order valence-corrected chi connectivity index (χ3v) is 5.13. The zero-order valence-electron chi connectivity index (χ0n) is 14.3. The summed E-state index contributed by atoms with van der Waals surface area (Å²) in [6, 6.07) is 2.21. The molecule has 0 aromatic carbocycles. The number of aryl methyl sites for hydroxylation is 2. The van der Waals surface area contributed by atoms with Gasteiger partial charge < -0.3 is 15.5 Å². The summed E-state index contributed by atoms with van der Waals surface area (Å²) in [5.74, 6) is 0.885.